The number of rotatable bonds is 4. The molecule has 1 N–H and O–H groups in total. The maximum Gasteiger partial charge on any atom is 0.322 e. The number of piperidine rings is 1. The van der Waals surface area contributed by atoms with Crippen molar-refractivity contribution in [2.75, 3.05) is 25.0 Å². The molecule has 2 aliphatic rings. The second-order valence-electron chi connectivity index (χ2n) is 7.38. The molecule has 2 fully saturated rings. The summed E-state index contributed by atoms with van der Waals surface area (Å²) in [5.41, 5.74) is 3.38. The van der Waals surface area contributed by atoms with Crippen molar-refractivity contribution in [1.29, 1.82) is 0 Å². The van der Waals surface area contributed by atoms with Crippen LogP contribution in [0.1, 0.15) is 42.9 Å². The number of hydrogen-bond acceptors (Lipinski definition) is 2. The minimum Gasteiger partial charge on any atom is -0.317 e. The van der Waals surface area contributed by atoms with Crippen LogP contribution in [0, 0.1) is 0 Å². The molecule has 0 radical (unpaired) electrons. The number of anilines is 1. The molecule has 2 aromatic rings. The maximum atomic E-state index is 12.7. The van der Waals surface area contributed by atoms with Gasteiger partial charge < -0.3 is 10.2 Å². The smallest absolute Gasteiger partial charge is 0.317 e. The number of urea groups is 1. The number of benzene rings is 2. The lowest BCUT2D eigenvalue weighted by molar-refractivity contribution is 0.126. The molecule has 0 saturated carbocycles. The lowest BCUT2D eigenvalue weighted by Gasteiger charge is -2.41. The highest BCUT2D eigenvalue weighted by Gasteiger charge is 2.33. The average molecular weight is 349 g/mol. The van der Waals surface area contributed by atoms with Gasteiger partial charge in [0.15, 0.2) is 0 Å². The summed E-state index contributed by atoms with van der Waals surface area (Å²) in [6, 6.07) is 18.8. The first-order valence-corrected chi connectivity index (χ1v) is 9.73. The molecule has 2 aromatic carbocycles. The molecule has 4 heteroatoms. The molecule has 2 heterocycles. The Kier molecular flexibility index (Phi) is 5.21. The largest absolute Gasteiger partial charge is 0.322 e. The zero-order valence-electron chi connectivity index (χ0n) is 15.2. The number of likely N-dealkylation sites (tertiary alicyclic amines) is 2. The summed E-state index contributed by atoms with van der Waals surface area (Å²) in [4.78, 5) is 17.1. The van der Waals surface area contributed by atoms with Crippen LogP contribution >= 0.6 is 0 Å². The summed E-state index contributed by atoms with van der Waals surface area (Å²) < 4.78 is 0. The Bertz CT molecular complexity index is 740. The van der Waals surface area contributed by atoms with Crippen LogP contribution in [-0.4, -0.2) is 35.5 Å². The van der Waals surface area contributed by atoms with E-state index in [4.69, 9.17) is 0 Å². The fraction of sp³-hybridized carbons (Fsp3) is 0.409. The van der Waals surface area contributed by atoms with Gasteiger partial charge in [0.25, 0.3) is 0 Å². The summed E-state index contributed by atoms with van der Waals surface area (Å²) in [6.45, 7) is 4.16. The van der Waals surface area contributed by atoms with Crippen LogP contribution in [-0.2, 0) is 6.54 Å². The lowest BCUT2D eigenvalue weighted by Crippen LogP contribution is -2.47. The van der Waals surface area contributed by atoms with Crippen molar-refractivity contribution in [2.45, 2.75) is 38.3 Å². The number of carbonyl (C=O) groups excluding carboxylic acids is 1. The van der Waals surface area contributed by atoms with Gasteiger partial charge in [-0.2, -0.15) is 0 Å². The minimum atomic E-state index is 0.000209. The van der Waals surface area contributed by atoms with Crippen LogP contribution in [0.3, 0.4) is 0 Å². The van der Waals surface area contributed by atoms with Crippen molar-refractivity contribution >= 4 is 11.7 Å². The summed E-state index contributed by atoms with van der Waals surface area (Å²) in [6.07, 6.45) is 4.98. The van der Waals surface area contributed by atoms with Gasteiger partial charge in [0.2, 0.25) is 0 Å². The Morgan fingerprint density at radius 3 is 2.50 bits per heavy atom. The van der Waals surface area contributed by atoms with Gasteiger partial charge >= 0.3 is 6.03 Å². The molecule has 0 aliphatic carbocycles. The van der Waals surface area contributed by atoms with E-state index in [1.165, 1.54) is 43.5 Å². The van der Waals surface area contributed by atoms with E-state index < -0.39 is 0 Å². The second kappa shape index (κ2) is 7.92. The van der Waals surface area contributed by atoms with Crippen LogP contribution in [0.15, 0.2) is 54.6 Å². The molecule has 0 aromatic heterocycles. The summed E-state index contributed by atoms with van der Waals surface area (Å²) in [5.74, 6) is 0. The SMILES string of the molecule is O=C(Nc1cccc(CN2CCCCC2)c1)N1CC[C@H]1c1ccccc1. The lowest BCUT2D eigenvalue weighted by atomic mass is 9.95. The zero-order valence-corrected chi connectivity index (χ0v) is 15.2. The van der Waals surface area contributed by atoms with E-state index in [9.17, 15) is 4.79 Å². The number of nitrogens with one attached hydrogen (secondary N) is 1. The fourth-order valence-electron chi connectivity index (χ4n) is 3.97. The molecule has 0 unspecified atom stereocenters. The van der Waals surface area contributed by atoms with Crippen LogP contribution in [0.4, 0.5) is 10.5 Å². The quantitative estimate of drug-likeness (QED) is 0.872. The molecule has 0 spiro atoms. The molecule has 2 aliphatic heterocycles. The third-order valence-corrected chi connectivity index (χ3v) is 5.50. The van der Waals surface area contributed by atoms with Crippen LogP contribution in [0.5, 0.6) is 0 Å². The molecular formula is C22H27N3O. The van der Waals surface area contributed by atoms with Gasteiger partial charge in [-0.15, -0.1) is 0 Å². The van der Waals surface area contributed by atoms with Gasteiger partial charge in [-0.25, -0.2) is 4.79 Å². The van der Waals surface area contributed by atoms with Gasteiger partial charge in [0.1, 0.15) is 0 Å². The van der Waals surface area contributed by atoms with Crippen molar-refractivity contribution in [3.8, 4) is 0 Å². The molecule has 1 atom stereocenters. The molecule has 2 saturated heterocycles. The molecule has 0 bridgehead atoms. The molecule has 4 nitrogen and oxygen atoms in total. The first-order valence-electron chi connectivity index (χ1n) is 9.73. The van der Waals surface area contributed by atoms with E-state index >= 15 is 0 Å². The summed E-state index contributed by atoms with van der Waals surface area (Å²) >= 11 is 0. The molecule has 4 rings (SSSR count). The third kappa shape index (κ3) is 3.91. The van der Waals surface area contributed by atoms with Gasteiger partial charge in [-0.1, -0.05) is 48.9 Å². The summed E-state index contributed by atoms with van der Waals surface area (Å²) in [7, 11) is 0. The molecule has 2 amide bonds. The van der Waals surface area contributed by atoms with E-state index in [-0.39, 0.29) is 12.1 Å². The Morgan fingerprint density at radius 1 is 0.962 bits per heavy atom. The van der Waals surface area contributed by atoms with Crippen LogP contribution in [0.25, 0.3) is 0 Å². The number of carbonyl (C=O) groups is 1. The Balaban J connectivity index is 1.37. The molecular weight excluding hydrogens is 322 g/mol. The van der Waals surface area contributed by atoms with Crippen molar-refractivity contribution in [1.82, 2.24) is 9.80 Å². The van der Waals surface area contributed by atoms with Crippen molar-refractivity contribution in [3.63, 3.8) is 0 Å². The number of nitrogens with zero attached hydrogens (tertiary/aromatic N) is 2. The molecule has 26 heavy (non-hydrogen) atoms. The van der Waals surface area contributed by atoms with Crippen molar-refractivity contribution < 1.29 is 4.79 Å². The summed E-state index contributed by atoms with van der Waals surface area (Å²) in [5, 5.41) is 3.09. The highest BCUT2D eigenvalue weighted by atomic mass is 16.2. The van der Waals surface area contributed by atoms with Crippen molar-refractivity contribution in [2.24, 2.45) is 0 Å². The normalized spacial score (nSPS) is 20.5. The van der Waals surface area contributed by atoms with E-state index in [0.29, 0.717) is 0 Å². The minimum absolute atomic E-state index is 0.000209. The molecule has 136 valence electrons. The predicted molar refractivity (Wildman–Crippen MR) is 105 cm³/mol. The Morgan fingerprint density at radius 2 is 1.77 bits per heavy atom. The highest BCUT2D eigenvalue weighted by Crippen LogP contribution is 2.33. The van der Waals surface area contributed by atoms with Gasteiger partial charge in [0, 0.05) is 18.8 Å². The second-order valence-corrected chi connectivity index (χ2v) is 7.38. The third-order valence-electron chi connectivity index (χ3n) is 5.50. The van der Waals surface area contributed by atoms with E-state index in [0.717, 1.165) is 25.2 Å². The van der Waals surface area contributed by atoms with E-state index in [1.54, 1.807) is 0 Å². The predicted octanol–water partition coefficient (Wildman–Crippen LogP) is 4.65. The van der Waals surface area contributed by atoms with Crippen LogP contribution < -0.4 is 5.32 Å². The average Bonchev–Trinajstić information content (AvgIpc) is 2.63. The number of amides is 2. The van der Waals surface area contributed by atoms with Gasteiger partial charge in [0.05, 0.1) is 6.04 Å². The van der Waals surface area contributed by atoms with Crippen LogP contribution in [0.2, 0.25) is 0 Å². The van der Waals surface area contributed by atoms with E-state index in [1.807, 2.05) is 35.2 Å². The zero-order chi connectivity index (χ0) is 17.8. The Labute approximate surface area is 155 Å². The van der Waals surface area contributed by atoms with Gasteiger partial charge in [-0.3, -0.25) is 4.90 Å². The topological polar surface area (TPSA) is 35.6 Å². The number of hydrogen-bond donors (Lipinski definition) is 1. The van der Waals surface area contributed by atoms with E-state index in [2.05, 4.69) is 34.5 Å². The maximum absolute atomic E-state index is 12.7. The monoisotopic (exact) mass is 349 g/mol. The highest BCUT2D eigenvalue weighted by molar-refractivity contribution is 5.90. The fourth-order valence-corrected chi connectivity index (χ4v) is 3.97. The Hall–Kier alpha value is -2.33. The van der Waals surface area contributed by atoms with Gasteiger partial charge in [-0.05, 0) is 55.6 Å². The van der Waals surface area contributed by atoms with Crippen molar-refractivity contribution in [3.05, 3.63) is 65.7 Å². The first-order chi connectivity index (χ1) is 12.8. The first kappa shape index (κ1) is 17.1. The standard InChI is InChI=1S/C22H27N3O/c26-22(25-15-12-21(25)19-9-3-1-4-10-19)23-20-11-7-8-18(16-20)17-24-13-5-2-6-14-24/h1,3-4,7-11,16,21H,2,5-6,12-15,17H2,(H,23,26)/t21-/m0/s1.